The van der Waals surface area contributed by atoms with Gasteiger partial charge in [0.2, 0.25) is 5.69 Å². The summed E-state index contributed by atoms with van der Waals surface area (Å²) in [6.07, 6.45) is 1.68. The summed E-state index contributed by atoms with van der Waals surface area (Å²) in [6.45, 7) is -0.201. The van der Waals surface area contributed by atoms with E-state index in [4.69, 9.17) is 13.7 Å². The molecule has 2 aromatic carbocycles. The molecule has 3 aromatic rings. The first-order valence-electron chi connectivity index (χ1n) is 12.4. The van der Waals surface area contributed by atoms with Gasteiger partial charge in [0.05, 0.1) is 6.85 Å². The Kier molecular flexibility index (Phi) is 1.94. The van der Waals surface area contributed by atoms with E-state index in [-0.39, 0.29) is 16.7 Å². The van der Waals surface area contributed by atoms with Crippen LogP contribution in [0.3, 0.4) is 0 Å². The topological polar surface area (TPSA) is 3.88 Å². The lowest BCUT2D eigenvalue weighted by Crippen LogP contribution is -2.31. The van der Waals surface area contributed by atoms with Crippen LogP contribution in [0.4, 0.5) is 0 Å². The molecule has 0 saturated heterocycles. The van der Waals surface area contributed by atoms with E-state index in [1.807, 2.05) is 0 Å². The van der Waals surface area contributed by atoms with Crippen LogP contribution in [0.25, 0.3) is 22.4 Å². The Hall–Kier alpha value is -2.41. The second-order valence-electron chi connectivity index (χ2n) is 5.62. The molecule has 1 aromatic heterocycles. The van der Waals surface area contributed by atoms with E-state index in [1.165, 1.54) is 6.07 Å². The maximum absolute atomic E-state index is 8.35. The fourth-order valence-electron chi connectivity index (χ4n) is 2.61. The largest absolute Gasteiger partial charge is 0.212 e. The molecule has 0 radical (unpaired) electrons. The molecule has 0 spiro atoms. The van der Waals surface area contributed by atoms with Gasteiger partial charge in [0.25, 0.3) is 0 Å². The first-order chi connectivity index (χ1) is 15.2. The smallest absolute Gasteiger partial charge is 0.201 e. The molecule has 0 atom stereocenters. The molecule has 0 unspecified atom stereocenters. The van der Waals surface area contributed by atoms with Crippen molar-refractivity contribution in [1.29, 1.82) is 0 Å². The minimum absolute atomic E-state index is 0.0492. The highest BCUT2D eigenvalue weighted by Crippen LogP contribution is 2.31. The highest BCUT2D eigenvalue weighted by atomic mass is 14.9. The van der Waals surface area contributed by atoms with E-state index >= 15 is 0 Å². The fourth-order valence-corrected chi connectivity index (χ4v) is 2.61. The standard InChI is InChI=1S/C22H24N/c1-15-12-22(23(5)14-18(15)4)21-13-20(16(2)11-17(21)3)19-9-7-6-8-10-19/h6-14H,1-5H3/q+1/i2D3,4D2,6D,7D,8D,9D,10D. The van der Waals surface area contributed by atoms with Crippen molar-refractivity contribution in [1.82, 2.24) is 0 Å². The predicted octanol–water partition coefficient (Wildman–Crippen LogP) is 5.08. The van der Waals surface area contributed by atoms with Crippen molar-refractivity contribution in [3.63, 3.8) is 0 Å². The van der Waals surface area contributed by atoms with Crippen LogP contribution < -0.4 is 4.57 Å². The molecule has 0 N–H and O–H groups in total. The summed E-state index contributed by atoms with van der Waals surface area (Å²) in [7, 11) is 1.75. The zero-order valence-electron chi connectivity index (χ0n) is 23.3. The molecule has 0 fully saturated rings. The fraction of sp³-hybridized carbons (Fsp3) is 0.227. The number of benzene rings is 2. The van der Waals surface area contributed by atoms with Crippen molar-refractivity contribution in [2.75, 3.05) is 0 Å². The zero-order chi connectivity index (χ0) is 25.0. The molecule has 116 valence electrons. The lowest BCUT2D eigenvalue weighted by atomic mass is 9.93. The summed E-state index contributed by atoms with van der Waals surface area (Å²) in [5, 5.41) is 0. The van der Waals surface area contributed by atoms with E-state index in [9.17, 15) is 0 Å². The number of aryl methyl sites for hydroxylation is 5. The van der Waals surface area contributed by atoms with Gasteiger partial charge in [0.15, 0.2) is 6.20 Å². The van der Waals surface area contributed by atoms with Crippen molar-refractivity contribution in [2.45, 2.75) is 27.6 Å². The highest BCUT2D eigenvalue weighted by Gasteiger charge is 2.16. The van der Waals surface area contributed by atoms with Gasteiger partial charge in [-0.15, -0.1) is 0 Å². The maximum Gasteiger partial charge on any atom is 0.212 e. The van der Waals surface area contributed by atoms with Gasteiger partial charge in [-0.25, -0.2) is 4.57 Å². The van der Waals surface area contributed by atoms with Crippen LogP contribution in [0.5, 0.6) is 0 Å². The third-order valence-corrected chi connectivity index (χ3v) is 3.93. The summed E-state index contributed by atoms with van der Waals surface area (Å²) in [5.41, 5.74) is 2.97. The molecule has 0 aliphatic rings. The van der Waals surface area contributed by atoms with E-state index in [0.29, 0.717) is 22.4 Å². The SMILES string of the molecule is [2H]c1c([2H])c([2H])c(-c2cc(-c3cc(C)c(C([2H])[2H])c[n+]3C)c(C)cc2C([2H])([2H])[2H])c([2H])c1[2H]. The van der Waals surface area contributed by atoms with Gasteiger partial charge >= 0.3 is 0 Å². The van der Waals surface area contributed by atoms with Crippen LogP contribution in [0.2, 0.25) is 0 Å². The Bertz CT molecular complexity index is 1230. The lowest BCUT2D eigenvalue weighted by molar-refractivity contribution is -0.660. The average molecular weight is 313 g/mol. The average Bonchev–Trinajstić information content (AvgIpc) is 2.72. The number of aromatic nitrogens is 1. The van der Waals surface area contributed by atoms with Gasteiger partial charge < -0.3 is 0 Å². The molecule has 0 aliphatic carbocycles. The Morgan fingerprint density at radius 2 is 1.65 bits per heavy atom. The van der Waals surface area contributed by atoms with Crippen LogP contribution in [-0.4, -0.2) is 0 Å². The third-order valence-electron chi connectivity index (χ3n) is 3.93. The molecule has 1 heteroatoms. The van der Waals surface area contributed by atoms with Crippen molar-refractivity contribution < 1.29 is 18.3 Å². The van der Waals surface area contributed by atoms with Crippen LogP contribution in [0.1, 0.15) is 36.0 Å². The minimum atomic E-state index is -2.58. The van der Waals surface area contributed by atoms with Crippen molar-refractivity contribution >= 4 is 0 Å². The predicted molar refractivity (Wildman–Crippen MR) is 97.4 cm³/mol. The molecule has 0 saturated carbocycles. The van der Waals surface area contributed by atoms with Crippen LogP contribution in [0.15, 0.2) is 54.6 Å². The monoisotopic (exact) mass is 312 g/mol. The number of rotatable bonds is 2. The number of hydrogen-bond donors (Lipinski definition) is 0. The molecule has 1 nitrogen and oxygen atoms in total. The summed E-state index contributed by atoms with van der Waals surface area (Å²) in [6, 6.07) is 2.27. The Morgan fingerprint density at radius 1 is 0.870 bits per heavy atom. The van der Waals surface area contributed by atoms with E-state index in [0.717, 1.165) is 5.56 Å². The molecular weight excluding hydrogens is 278 g/mol. The number of pyridine rings is 1. The van der Waals surface area contributed by atoms with Gasteiger partial charge in [0.1, 0.15) is 7.05 Å². The quantitative estimate of drug-likeness (QED) is 0.581. The Balaban J connectivity index is 2.44. The van der Waals surface area contributed by atoms with Gasteiger partial charge in [-0.1, -0.05) is 36.3 Å². The van der Waals surface area contributed by atoms with Crippen LogP contribution in [-0.2, 0) is 7.05 Å². The van der Waals surface area contributed by atoms with Crippen molar-refractivity contribution in [3.8, 4) is 22.4 Å². The Labute approximate surface area is 153 Å². The minimum Gasteiger partial charge on any atom is -0.201 e. The van der Waals surface area contributed by atoms with Crippen LogP contribution >= 0.6 is 0 Å². The summed E-state index contributed by atoms with van der Waals surface area (Å²) in [4.78, 5) is 0. The van der Waals surface area contributed by atoms with Gasteiger partial charge in [-0.2, -0.15) is 0 Å². The number of nitrogens with zero attached hydrogens (tertiary/aromatic N) is 1. The third kappa shape index (κ3) is 2.92. The first kappa shape index (κ1) is 7.44. The van der Waals surface area contributed by atoms with Crippen LogP contribution in [0, 0.1) is 27.6 Å². The highest BCUT2D eigenvalue weighted by molar-refractivity contribution is 5.75. The molecule has 0 aliphatic heterocycles. The molecule has 23 heavy (non-hydrogen) atoms. The van der Waals surface area contributed by atoms with E-state index < -0.39 is 43.9 Å². The van der Waals surface area contributed by atoms with Crippen molar-refractivity contribution in [3.05, 3.63) is 76.9 Å². The second-order valence-corrected chi connectivity index (χ2v) is 5.62. The Morgan fingerprint density at radius 3 is 2.35 bits per heavy atom. The summed E-state index contributed by atoms with van der Waals surface area (Å²) in [5.74, 6) is 0. The molecule has 3 rings (SSSR count). The molecule has 1 heterocycles. The van der Waals surface area contributed by atoms with Gasteiger partial charge in [-0.3, -0.25) is 0 Å². The normalized spacial score (nSPS) is 17.7. The summed E-state index contributed by atoms with van der Waals surface area (Å²) < 4.78 is 81.8. The number of hydrogen-bond acceptors (Lipinski definition) is 0. The summed E-state index contributed by atoms with van der Waals surface area (Å²) >= 11 is 0. The van der Waals surface area contributed by atoms with E-state index in [2.05, 4.69) is 0 Å². The lowest BCUT2D eigenvalue weighted by Gasteiger charge is -2.12. The molecule has 0 bridgehead atoms. The molecular formula is C22H24N+. The second kappa shape index (κ2) is 6.00. The maximum atomic E-state index is 8.35. The zero-order valence-corrected chi connectivity index (χ0v) is 13.3. The first-order valence-corrected chi connectivity index (χ1v) is 7.24. The van der Waals surface area contributed by atoms with Crippen molar-refractivity contribution in [2.24, 2.45) is 7.05 Å². The van der Waals surface area contributed by atoms with Gasteiger partial charge in [-0.05, 0) is 61.5 Å². The van der Waals surface area contributed by atoms with E-state index in [1.54, 1.807) is 43.8 Å². The molecule has 0 amide bonds. The van der Waals surface area contributed by atoms with Gasteiger partial charge in [0, 0.05) is 24.0 Å².